The first-order valence-corrected chi connectivity index (χ1v) is 5.98. The molecule has 2 N–H and O–H groups in total. The van der Waals surface area contributed by atoms with Gasteiger partial charge in [0, 0.05) is 17.7 Å². The molecule has 0 saturated carbocycles. The van der Waals surface area contributed by atoms with Crippen LogP contribution in [0.3, 0.4) is 0 Å². The SMILES string of the molecule is C/C=C/c1ccccc1Oc1ncc(F)cc1CN. The summed E-state index contributed by atoms with van der Waals surface area (Å²) in [5.41, 5.74) is 7.04. The predicted octanol–water partition coefficient (Wildman–Crippen LogP) is 3.50. The number of aromatic nitrogens is 1. The molecule has 0 aliphatic carbocycles. The highest BCUT2D eigenvalue weighted by atomic mass is 19.1. The van der Waals surface area contributed by atoms with Gasteiger partial charge in [-0.25, -0.2) is 9.37 Å². The fraction of sp³-hybridized carbons (Fsp3) is 0.133. The minimum Gasteiger partial charge on any atom is -0.438 e. The normalized spacial score (nSPS) is 10.9. The van der Waals surface area contributed by atoms with Crippen LogP contribution in [-0.4, -0.2) is 4.98 Å². The number of para-hydroxylation sites is 1. The molecule has 0 amide bonds. The monoisotopic (exact) mass is 258 g/mol. The summed E-state index contributed by atoms with van der Waals surface area (Å²) in [4.78, 5) is 3.94. The van der Waals surface area contributed by atoms with Crippen LogP contribution in [0.2, 0.25) is 0 Å². The lowest BCUT2D eigenvalue weighted by molar-refractivity contribution is 0.451. The molecule has 2 rings (SSSR count). The minimum atomic E-state index is -0.422. The zero-order valence-electron chi connectivity index (χ0n) is 10.6. The average Bonchev–Trinajstić information content (AvgIpc) is 2.43. The lowest BCUT2D eigenvalue weighted by atomic mass is 10.2. The molecule has 1 aromatic heterocycles. The molecule has 1 aromatic carbocycles. The van der Waals surface area contributed by atoms with Crippen LogP contribution in [0.4, 0.5) is 4.39 Å². The van der Waals surface area contributed by atoms with E-state index < -0.39 is 5.82 Å². The Morgan fingerprint density at radius 2 is 2.16 bits per heavy atom. The largest absolute Gasteiger partial charge is 0.438 e. The lowest BCUT2D eigenvalue weighted by Crippen LogP contribution is -2.02. The van der Waals surface area contributed by atoms with Gasteiger partial charge in [-0.2, -0.15) is 0 Å². The average molecular weight is 258 g/mol. The zero-order valence-corrected chi connectivity index (χ0v) is 10.6. The van der Waals surface area contributed by atoms with Crippen molar-refractivity contribution >= 4 is 6.08 Å². The van der Waals surface area contributed by atoms with Crippen LogP contribution in [0.1, 0.15) is 18.1 Å². The van der Waals surface area contributed by atoms with Crippen LogP contribution in [0.15, 0.2) is 42.6 Å². The lowest BCUT2D eigenvalue weighted by Gasteiger charge is -2.10. The van der Waals surface area contributed by atoms with Gasteiger partial charge in [-0.15, -0.1) is 0 Å². The minimum absolute atomic E-state index is 0.172. The van der Waals surface area contributed by atoms with Gasteiger partial charge in [-0.3, -0.25) is 0 Å². The molecule has 0 aliphatic rings. The van der Waals surface area contributed by atoms with E-state index in [1.807, 2.05) is 43.3 Å². The number of nitrogens with two attached hydrogens (primary N) is 1. The molecule has 0 fully saturated rings. The van der Waals surface area contributed by atoms with Gasteiger partial charge in [0.1, 0.15) is 11.6 Å². The van der Waals surface area contributed by atoms with Gasteiger partial charge < -0.3 is 10.5 Å². The van der Waals surface area contributed by atoms with Gasteiger partial charge in [0.2, 0.25) is 5.88 Å². The summed E-state index contributed by atoms with van der Waals surface area (Å²) >= 11 is 0. The van der Waals surface area contributed by atoms with Gasteiger partial charge in [0.15, 0.2) is 0 Å². The van der Waals surface area contributed by atoms with Gasteiger partial charge in [0.05, 0.1) is 6.20 Å². The first-order chi connectivity index (χ1) is 9.24. The van der Waals surface area contributed by atoms with Crippen molar-refractivity contribution in [2.24, 2.45) is 5.73 Å². The smallest absolute Gasteiger partial charge is 0.223 e. The van der Waals surface area contributed by atoms with Crippen molar-refractivity contribution in [2.45, 2.75) is 13.5 Å². The first-order valence-electron chi connectivity index (χ1n) is 5.98. The molecule has 0 bridgehead atoms. The summed E-state index contributed by atoms with van der Waals surface area (Å²) in [6.07, 6.45) is 4.97. The van der Waals surface area contributed by atoms with E-state index >= 15 is 0 Å². The summed E-state index contributed by atoms with van der Waals surface area (Å²) in [5, 5.41) is 0. The second-order valence-corrected chi connectivity index (χ2v) is 3.96. The summed E-state index contributed by atoms with van der Waals surface area (Å²) in [6, 6.07) is 8.89. The Morgan fingerprint density at radius 1 is 1.37 bits per heavy atom. The van der Waals surface area contributed by atoms with Crippen molar-refractivity contribution in [3.8, 4) is 11.6 Å². The number of pyridine rings is 1. The van der Waals surface area contributed by atoms with Gasteiger partial charge in [0.25, 0.3) is 0 Å². The molecular weight excluding hydrogens is 243 g/mol. The number of hydrogen-bond donors (Lipinski definition) is 1. The highest BCUT2D eigenvalue weighted by Gasteiger charge is 2.08. The number of halogens is 1. The van der Waals surface area contributed by atoms with Crippen LogP contribution in [0.5, 0.6) is 11.6 Å². The van der Waals surface area contributed by atoms with Gasteiger partial charge >= 0.3 is 0 Å². The molecule has 1 heterocycles. The third kappa shape index (κ3) is 3.17. The van der Waals surface area contributed by atoms with Crippen molar-refractivity contribution in [3.63, 3.8) is 0 Å². The van der Waals surface area contributed by atoms with E-state index in [9.17, 15) is 4.39 Å². The molecule has 0 spiro atoms. The van der Waals surface area contributed by atoms with Crippen LogP contribution < -0.4 is 10.5 Å². The Bertz CT molecular complexity index is 596. The van der Waals surface area contributed by atoms with Crippen LogP contribution in [0, 0.1) is 5.82 Å². The number of rotatable bonds is 4. The van der Waals surface area contributed by atoms with Crippen molar-refractivity contribution < 1.29 is 9.13 Å². The molecule has 0 aliphatic heterocycles. The third-order valence-electron chi connectivity index (χ3n) is 2.58. The quantitative estimate of drug-likeness (QED) is 0.913. The van der Waals surface area contributed by atoms with Gasteiger partial charge in [-0.1, -0.05) is 30.4 Å². The van der Waals surface area contributed by atoms with E-state index in [-0.39, 0.29) is 6.54 Å². The van der Waals surface area contributed by atoms with E-state index in [1.165, 1.54) is 6.07 Å². The number of allylic oxidation sites excluding steroid dienone is 1. The van der Waals surface area contributed by atoms with Crippen LogP contribution >= 0.6 is 0 Å². The maximum absolute atomic E-state index is 13.1. The molecule has 0 radical (unpaired) electrons. The number of benzene rings is 1. The second kappa shape index (κ2) is 6.11. The molecule has 0 saturated heterocycles. The van der Waals surface area contributed by atoms with E-state index in [0.29, 0.717) is 17.2 Å². The third-order valence-corrected chi connectivity index (χ3v) is 2.58. The Kier molecular flexibility index (Phi) is 4.26. The van der Waals surface area contributed by atoms with E-state index in [1.54, 1.807) is 0 Å². The van der Waals surface area contributed by atoms with E-state index in [2.05, 4.69) is 4.98 Å². The zero-order chi connectivity index (χ0) is 13.7. The molecule has 19 heavy (non-hydrogen) atoms. The summed E-state index contributed by atoms with van der Waals surface area (Å²) < 4.78 is 18.8. The highest BCUT2D eigenvalue weighted by molar-refractivity contribution is 5.57. The maximum atomic E-state index is 13.1. The highest BCUT2D eigenvalue weighted by Crippen LogP contribution is 2.27. The Labute approximate surface area is 111 Å². The van der Waals surface area contributed by atoms with Crippen molar-refractivity contribution in [3.05, 3.63) is 59.5 Å². The Balaban J connectivity index is 2.36. The maximum Gasteiger partial charge on any atom is 0.223 e. The van der Waals surface area contributed by atoms with E-state index in [4.69, 9.17) is 10.5 Å². The standard InChI is InChI=1S/C15H15FN2O/c1-2-5-11-6-3-4-7-14(11)19-15-12(9-17)8-13(16)10-18-15/h2-8,10H,9,17H2,1H3/b5-2+. The molecule has 3 nitrogen and oxygen atoms in total. The second-order valence-electron chi connectivity index (χ2n) is 3.96. The number of nitrogens with zero attached hydrogens (tertiary/aromatic N) is 1. The summed E-state index contributed by atoms with van der Waals surface area (Å²) in [7, 11) is 0. The number of hydrogen-bond acceptors (Lipinski definition) is 3. The summed E-state index contributed by atoms with van der Waals surface area (Å²) in [5.74, 6) is 0.574. The fourth-order valence-corrected chi connectivity index (χ4v) is 1.70. The molecular formula is C15H15FN2O. The van der Waals surface area contributed by atoms with Crippen LogP contribution in [0.25, 0.3) is 6.08 Å². The topological polar surface area (TPSA) is 48.1 Å². The predicted molar refractivity (Wildman–Crippen MR) is 73.3 cm³/mol. The molecule has 4 heteroatoms. The molecule has 0 atom stereocenters. The van der Waals surface area contributed by atoms with Crippen molar-refractivity contribution in [1.29, 1.82) is 0 Å². The fourth-order valence-electron chi connectivity index (χ4n) is 1.70. The summed E-state index contributed by atoms with van der Waals surface area (Å²) in [6.45, 7) is 2.10. The Morgan fingerprint density at radius 3 is 2.89 bits per heavy atom. The Hall–Kier alpha value is -2.20. The van der Waals surface area contributed by atoms with Crippen molar-refractivity contribution in [1.82, 2.24) is 4.98 Å². The molecule has 2 aromatic rings. The van der Waals surface area contributed by atoms with Crippen molar-refractivity contribution in [2.75, 3.05) is 0 Å². The van der Waals surface area contributed by atoms with Gasteiger partial charge in [-0.05, 0) is 19.1 Å². The molecule has 98 valence electrons. The number of ether oxygens (including phenoxy) is 1. The van der Waals surface area contributed by atoms with E-state index in [0.717, 1.165) is 11.8 Å². The first kappa shape index (κ1) is 13.2. The van der Waals surface area contributed by atoms with Crippen LogP contribution in [-0.2, 0) is 6.54 Å². The molecule has 0 unspecified atom stereocenters.